The van der Waals surface area contributed by atoms with Crippen LogP contribution >= 0.6 is 0 Å². The quantitative estimate of drug-likeness (QED) is 0.651. The van der Waals surface area contributed by atoms with E-state index in [1.807, 2.05) is 0 Å². The number of methoxy groups -OCH3 is 1. The molecule has 0 radical (unpaired) electrons. The summed E-state index contributed by atoms with van der Waals surface area (Å²) in [5.74, 6) is -0.646. The zero-order valence-corrected chi connectivity index (χ0v) is 9.90. The molecule has 1 aromatic rings. The molecule has 1 aromatic heterocycles. The molecule has 0 unspecified atom stereocenters. The Hall–Kier alpha value is -1.44. The molecule has 0 amide bonds. The third-order valence-corrected chi connectivity index (χ3v) is 3.66. The SMILES string of the molecule is CCS(=O)(=O)CCn1cnc(C(=O)OC)n1. The molecule has 90 valence electrons. The molecule has 0 aromatic carbocycles. The Labute approximate surface area is 93.3 Å². The zero-order valence-electron chi connectivity index (χ0n) is 9.08. The Balaban J connectivity index is 2.63. The number of ether oxygens (including phenoxy) is 1. The monoisotopic (exact) mass is 247 g/mol. The first-order valence-corrected chi connectivity index (χ1v) is 6.49. The number of rotatable bonds is 5. The largest absolute Gasteiger partial charge is 0.463 e. The second kappa shape index (κ2) is 5.06. The van der Waals surface area contributed by atoms with Crippen molar-refractivity contribution < 1.29 is 17.9 Å². The molecule has 0 N–H and O–H groups in total. The maximum atomic E-state index is 11.2. The van der Waals surface area contributed by atoms with Crippen molar-refractivity contribution in [1.29, 1.82) is 0 Å². The predicted molar refractivity (Wildman–Crippen MR) is 55.7 cm³/mol. The first-order valence-electron chi connectivity index (χ1n) is 4.66. The van der Waals surface area contributed by atoms with Gasteiger partial charge in [0.1, 0.15) is 6.33 Å². The van der Waals surface area contributed by atoms with Crippen molar-refractivity contribution >= 4 is 15.8 Å². The van der Waals surface area contributed by atoms with Gasteiger partial charge in [-0.25, -0.2) is 18.2 Å². The van der Waals surface area contributed by atoms with Gasteiger partial charge in [0, 0.05) is 5.75 Å². The van der Waals surface area contributed by atoms with Gasteiger partial charge in [-0.1, -0.05) is 6.92 Å². The highest BCUT2D eigenvalue weighted by molar-refractivity contribution is 7.91. The van der Waals surface area contributed by atoms with Crippen LogP contribution in [0.25, 0.3) is 0 Å². The molecule has 0 aliphatic heterocycles. The fraction of sp³-hybridized carbons (Fsp3) is 0.625. The molecule has 0 saturated carbocycles. The summed E-state index contributed by atoms with van der Waals surface area (Å²) in [7, 11) is -1.81. The molecule has 16 heavy (non-hydrogen) atoms. The van der Waals surface area contributed by atoms with Gasteiger partial charge in [0.05, 0.1) is 19.4 Å². The third-order valence-electron chi connectivity index (χ3n) is 1.98. The number of hydrogen-bond donors (Lipinski definition) is 0. The Kier molecular flexibility index (Phi) is 3.99. The second-order valence-corrected chi connectivity index (χ2v) is 5.53. The van der Waals surface area contributed by atoms with Crippen molar-refractivity contribution in [2.45, 2.75) is 13.5 Å². The molecule has 0 bridgehead atoms. The fourth-order valence-corrected chi connectivity index (χ4v) is 1.72. The number of aryl methyl sites for hydroxylation is 1. The number of nitrogens with zero attached hydrogens (tertiary/aromatic N) is 3. The van der Waals surface area contributed by atoms with E-state index in [1.165, 1.54) is 18.1 Å². The molecule has 0 aliphatic rings. The summed E-state index contributed by atoms with van der Waals surface area (Å²) in [4.78, 5) is 14.7. The van der Waals surface area contributed by atoms with Crippen molar-refractivity contribution in [3.63, 3.8) is 0 Å². The first-order chi connectivity index (χ1) is 7.48. The molecule has 0 saturated heterocycles. The van der Waals surface area contributed by atoms with E-state index in [1.54, 1.807) is 6.92 Å². The van der Waals surface area contributed by atoms with Crippen LogP contribution in [0.4, 0.5) is 0 Å². The third kappa shape index (κ3) is 3.30. The summed E-state index contributed by atoms with van der Waals surface area (Å²) in [6, 6.07) is 0. The summed E-state index contributed by atoms with van der Waals surface area (Å²) < 4.78 is 28.2. The second-order valence-electron chi connectivity index (χ2n) is 3.06. The molecular weight excluding hydrogens is 234 g/mol. The summed E-state index contributed by atoms with van der Waals surface area (Å²) in [5.41, 5.74) is 0. The fourth-order valence-electron chi connectivity index (χ4n) is 0.964. The van der Waals surface area contributed by atoms with E-state index in [9.17, 15) is 13.2 Å². The van der Waals surface area contributed by atoms with Gasteiger partial charge in [0.2, 0.25) is 0 Å². The highest BCUT2D eigenvalue weighted by Gasteiger charge is 2.13. The smallest absolute Gasteiger partial charge is 0.377 e. The topological polar surface area (TPSA) is 91.2 Å². The van der Waals surface area contributed by atoms with Crippen LogP contribution in [0.15, 0.2) is 6.33 Å². The Bertz CT molecular complexity index is 465. The summed E-state index contributed by atoms with van der Waals surface area (Å²) in [6.45, 7) is 1.76. The van der Waals surface area contributed by atoms with Crippen molar-refractivity contribution in [2.75, 3.05) is 18.6 Å². The van der Waals surface area contributed by atoms with Gasteiger partial charge in [-0.3, -0.25) is 4.68 Å². The Morgan fingerprint density at radius 3 is 2.81 bits per heavy atom. The lowest BCUT2D eigenvalue weighted by molar-refractivity contribution is 0.0586. The molecule has 1 heterocycles. The Morgan fingerprint density at radius 1 is 1.56 bits per heavy atom. The molecule has 8 heteroatoms. The lowest BCUT2D eigenvalue weighted by Gasteiger charge is -2.00. The molecule has 1 rings (SSSR count). The Morgan fingerprint density at radius 2 is 2.25 bits per heavy atom. The van der Waals surface area contributed by atoms with Crippen LogP contribution in [0.1, 0.15) is 17.5 Å². The van der Waals surface area contributed by atoms with Gasteiger partial charge in [0.25, 0.3) is 5.82 Å². The van der Waals surface area contributed by atoms with Crippen LogP contribution in [0.5, 0.6) is 0 Å². The minimum Gasteiger partial charge on any atom is -0.463 e. The normalized spacial score (nSPS) is 11.4. The van der Waals surface area contributed by atoms with Gasteiger partial charge >= 0.3 is 5.97 Å². The van der Waals surface area contributed by atoms with Gasteiger partial charge in [-0.15, -0.1) is 5.10 Å². The molecule has 0 aliphatic carbocycles. The average Bonchev–Trinajstić information content (AvgIpc) is 2.74. The van der Waals surface area contributed by atoms with Crippen molar-refractivity contribution in [2.24, 2.45) is 0 Å². The zero-order chi connectivity index (χ0) is 12.2. The highest BCUT2D eigenvalue weighted by atomic mass is 32.2. The van der Waals surface area contributed by atoms with E-state index < -0.39 is 15.8 Å². The van der Waals surface area contributed by atoms with Gasteiger partial charge < -0.3 is 4.74 Å². The number of carbonyl (C=O) groups is 1. The lowest BCUT2D eigenvalue weighted by atomic mass is 10.6. The number of sulfone groups is 1. The van der Waals surface area contributed by atoms with Crippen molar-refractivity contribution in [3.05, 3.63) is 12.2 Å². The van der Waals surface area contributed by atoms with Crippen molar-refractivity contribution in [1.82, 2.24) is 14.8 Å². The average molecular weight is 247 g/mol. The summed E-state index contributed by atoms with van der Waals surface area (Å²) in [6.07, 6.45) is 1.30. The van der Waals surface area contributed by atoms with Crippen LogP contribution in [0.3, 0.4) is 0 Å². The molecule has 7 nitrogen and oxygen atoms in total. The van der Waals surface area contributed by atoms with Gasteiger partial charge in [-0.05, 0) is 0 Å². The van der Waals surface area contributed by atoms with Gasteiger partial charge in [0.15, 0.2) is 9.84 Å². The summed E-state index contributed by atoms with van der Waals surface area (Å²) in [5, 5.41) is 3.78. The van der Waals surface area contributed by atoms with E-state index in [4.69, 9.17) is 0 Å². The van der Waals surface area contributed by atoms with Crippen molar-refractivity contribution in [3.8, 4) is 0 Å². The van der Waals surface area contributed by atoms with E-state index in [-0.39, 0.29) is 23.9 Å². The maximum Gasteiger partial charge on any atom is 0.377 e. The molecular formula is C8H13N3O4S. The predicted octanol–water partition coefficient (Wildman–Crippen LogP) is -0.501. The minimum absolute atomic E-state index is 0.0204. The molecule has 0 spiro atoms. The van der Waals surface area contributed by atoms with E-state index in [0.717, 1.165) is 0 Å². The van der Waals surface area contributed by atoms with Crippen LogP contribution in [-0.4, -0.2) is 47.8 Å². The maximum absolute atomic E-state index is 11.2. The molecule has 0 atom stereocenters. The van der Waals surface area contributed by atoms with E-state index in [2.05, 4.69) is 14.8 Å². The number of hydrogen-bond acceptors (Lipinski definition) is 6. The van der Waals surface area contributed by atoms with Crippen LogP contribution in [-0.2, 0) is 21.1 Å². The standard InChI is InChI=1S/C8H13N3O4S/c1-3-16(13,14)5-4-11-6-9-7(10-11)8(12)15-2/h6H,3-5H2,1-2H3. The lowest BCUT2D eigenvalue weighted by Crippen LogP contribution is -2.15. The highest BCUT2D eigenvalue weighted by Crippen LogP contribution is 1.95. The number of esters is 1. The van der Waals surface area contributed by atoms with Crippen LogP contribution < -0.4 is 0 Å². The van der Waals surface area contributed by atoms with Crippen LogP contribution in [0.2, 0.25) is 0 Å². The van der Waals surface area contributed by atoms with E-state index in [0.29, 0.717) is 0 Å². The molecule has 0 fully saturated rings. The minimum atomic E-state index is -3.04. The summed E-state index contributed by atoms with van der Waals surface area (Å²) >= 11 is 0. The van der Waals surface area contributed by atoms with Gasteiger partial charge in [-0.2, -0.15) is 0 Å². The van der Waals surface area contributed by atoms with Crippen LogP contribution in [0, 0.1) is 0 Å². The van der Waals surface area contributed by atoms with E-state index >= 15 is 0 Å². The number of aromatic nitrogens is 3. The number of carbonyl (C=O) groups excluding carboxylic acids is 1. The first kappa shape index (κ1) is 12.6.